The third kappa shape index (κ3) is 2.64. The number of hydrogen-bond acceptors (Lipinski definition) is 5. The molecule has 0 atom stereocenters. The van der Waals surface area contributed by atoms with Crippen LogP contribution in [-0.2, 0) is 6.54 Å². The first-order chi connectivity index (χ1) is 9.88. The minimum atomic E-state index is 0.756. The van der Waals surface area contributed by atoms with E-state index in [0.717, 1.165) is 36.5 Å². The third-order valence-electron chi connectivity index (χ3n) is 3.72. The van der Waals surface area contributed by atoms with Crippen LogP contribution in [0.4, 0.5) is 5.82 Å². The predicted octanol–water partition coefficient (Wildman–Crippen LogP) is 2.54. The Morgan fingerprint density at radius 1 is 1.30 bits per heavy atom. The highest BCUT2D eigenvalue weighted by Gasteiger charge is 2.10. The van der Waals surface area contributed by atoms with Gasteiger partial charge in [0.15, 0.2) is 17.0 Å². The maximum absolute atomic E-state index is 4.28. The highest BCUT2D eigenvalue weighted by Crippen LogP contribution is 2.21. The number of nitrogens with one attached hydrogen (secondary N) is 1. The van der Waals surface area contributed by atoms with E-state index in [0.29, 0.717) is 0 Å². The Hall–Kier alpha value is -1.98. The smallest absolute Gasteiger partial charge is 0.183 e. The number of nitrogens with zero attached hydrogens (tertiary/aromatic N) is 5. The molecule has 3 rings (SSSR count). The Balaban J connectivity index is 1.68. The van der Waals surface area contributed by atoms with Gasteiger partial charge in [-0.15, -0.1) is 5.10 Å². The summed E-state index contributed by atoms with van der Waals surface area (Å²) in [6, 6.07) is 0. The van der Waals surface area contributed by atoms with Crippen LogP contribution in [0.25, 0.3) is 11.2 Å². The molecule has 2 aromatic rings. The number of anilines is 1. The van der Waals surface area contributed by atoms with Gasteiger partial charge in [0.1, 0.15) is 6.33 Å². The number of rotatable bonds is 5. The van der Waals surface area contributed by atoms with Crippen molar-refractivity contribution in [3.8, 4) is 0 Å². The van der Waals surface area contributed by atoms with Gasteiger partial charge in [0, 0.05) is 13.1 Å². The predicted molar refractivity (Wildman–Crippen MR) is 78.4 cm³/mol. The summed E-state index contributed by atoms with van der Waals surface area (Å²) in [4.78, 5) is 8.53. The van der Waals surface area contributed by atoms with Crippen molar-refractivity contribution >= 4 is 17.0 Å². The summed E-state index contributed by atoms with van der Waals surface area (Å²) >= 11 is 0. The zero-order valence-corrected chi connectivity index (χ0v) is 11.8. The molecule has 0 unspecified atom stereocenters. The first-order valence-corrected chi connectivity index (χ1v) is 7.34. The van der Waals surface area contributed by atoms with E-state index in [2.05, 4.69) is 31.7 Å². The Morgan fingerprint density at radius 3 is 3.05 bits per heavy atom. The minimum absolute atomic E-state index is 0.756. The van der Waals surface area contributed by atoms with E-state index in [1.807, 2.05) is 6.92 Å². The maximum atomic E-state index is 4.28. The maximum Gasteiger partial charge on any atom is 0.183 e. The van der Waals surface area contributed by atoms with Gasteiger partial charge in [-0.3, -0.25) is 0 Å². The zero-order valence-electron chi connectivity index (χ0n) is 11.8. The lowest BCUT2D eigenvalue weighted by molar-refractivity contribution is 0.641. The van der Waals surface area contributed by atoms with Crippen LogP contribution < -0.4 is 5.32 Å². The molecule has 20 heavy (non-hydrogen) atoms. The van der Waals surface area contributed by atoms with Crippen LogP contribution in [0.15, 0.2) is 18.0 Å². The molecule has 106 valence electrons. The lowest BCUT2D eigenvalue weighted by Gasteiger charge is -2.13. The molecule has 0 bridgehead atoms. The monoisotopic (exact) mass is 272 g/mol. The van der Waals surface area contributed by atoms with Crippen LogP contribution in [0.2, 0.25) is 0 Å². The molecule has 0 spiro atoms. The minimum Gasteiger partial charge on any atom is -0.368 e. The van der Waals surface area contributed by atoms with Crippen LogP contribution >= 0.6 is 0 Å². The summed E-state index contributed by atoms with van der Waals surface area (Å²) in [5.41, 5.74) is 3.11. The second kappa shape index (κ2) is 5.98. The molecule has 0 radical (unpaired) electrons. The lowest BCUT2D eigenvalue weighted by Crippen LogP contribution is -2.07. The van der Waals surface area contributed by atoms with Gasteiger partial charge < -0.3 is 5.32 Å². The Bertz CT molecular complexity index is 615. The van der Waals surface area contributed by atoms with Gasteiger partial charge in [0.25, 0.3) is 0 Å². The number of allylic oxidation sites excluding steroid dienone is 1. The molecule has 1 N–H and O–H groups in total. The average molecular weight is 272 g/mol. The Labute approximate surface area is 118 Å². The van der Waals surface area contributed by atoms with E-state index in [1.54, 1.807) is 16.6 Å². The fraction of sp³-hybridized carbons (Fsp3) is 0.571. The first kappa shape index (κ1) is 13.0. The Kier molecular flexibility index (Phi) is 3.90. The molecule has 0 saturated carbocycles. The molecule has 6 nitrogen and oxygen atoms in total. The van der Waals surface area contributed by atoms with Gasteiger partial charge in [0.2, 0.25) is 0 Å². The average Bonchev–Trinajstić information content (AvgIpc) is 2.92. The molecule has 2 aromatic heterocycles. The number of aromatic nitrogens is 5. The van der Waals surface area contributed by atoms with Crippen molar-refractivity contribution in [1.29, 1.82) is 0 Å². The van der Waals surface area contributed by atoms with Gasteiger partial charge in [-0.05, 0) is 39.0 Å². The van der Waals surface area contributed by atoms with Crippen LogP contribution in [-0.4, -0.2) is 31.5 Å². The van der Waals surface area contributed by atoms with Crippen LogP contribution in [0, 0.1) is 0 Å². The van der Waals surface area contributed by atoms with E-state index in [-0.39, 0.29) is 0 Å². The summed E-state index contributed by atoms with van der Waals surface area (Å²) in [6.45, 7) is 3.68. The first-order valence-electron chi connectivity index (χ1n) is 7.34. The second-order valence-corrected chi connectivity index (χ2v) is 5.08. The van der Waals surface area contributed by atoms with Crippen molar-refractivity contribution in [2.45, 2.75) is 45.6 Å². The van der Waals surface area contributed by atoms with E-state index < -0.39 is 0 Å². The topological polar surface area (TPSA) is 68.5 Å². The Morgan fingerprint density at radius 2 is 2.25 bits per heavy atom. The van der Waals surface area contributed by atoms with Gasteiger partial charge in [-0.25, -0.2) is 14.6 Å². The molecule has 1 aliphatic rings. The molecular weight excluding hydrogens is 252 g/mol. The molecule has 0 fully saturated rings. The van der Waals surface area contributed by atoms with Gasteiger partial charge in [-0.2, -0.15) is 0 Å². The van der Waals surface area contributed by atoms with Crippen LogP contribution in [0.5, 0.6) is 0 Å². The number of fused-ring (bicyclic) bond motifs is 1. The third-order valence-corrected chi connectivity index (χ3v) is 3.72. The summed E-state index contributed by atoms with van der Waals surface area (Å²) in [7, 11) is 0. The van der Waals surface area contributed by atoms with Crippen molar-refractivity contribution in [1.82, 2.24) is 25.0 Å². The fourth-order valence-corrected chi connectivity index (χ4v) is 2.61. The van der Waals surface area contributed by atoms with Crippen molar-refractivity contribution in [3.63, 3.8) is 0 Å². The molecular formula is C14H20N6. The van der Waals surface area contributed by atoms with Gasteiger partial charge in [0.05, 0.1) is 0 Å². The van der Waals surface area contributed by atoms with Crippen molar-refractivity contribution in [2.24, 2.45) is 0 Å². The van der Waals surface area contributed by atoms with Crippen molar-refractivity contribution in [2.75, 3.05) is 11.9 Å². The molecule has 2 heterocycles. The summed E-state index contributed by atoms with van der Waals surface area (Å²) in [6.07, 6.45) is 10.2. The van der Waals surface area contributed by atoms with Gasteiger partial charge >= 0.3 is 0 Å². The van der Waals surface area contributed by atoms with Crippen LogP contribution in [0.3, 0.4) is 0 Å². The quantitative estimate of drug-likeness (QED) is 0.847. The summed E-state index contributed by atoms with van der Waals surface area (Å²) in [5, 5.41) is 11.6. The van der Waals surface area contributed by atoms with Crippen molar-refractivity contribution in [3.05, 3.63) is 18.0 Å². The van der Waals surface area contributed by atoms with E-state index in [4.69, 9.17) is 0 Å². The molecule has 0 aromatic carbocycles. The molecule has 1 aliphatic carbocycles. The van der Waals surface area contributed by atoms with E-state index >= 15 is 0 Å². The highest BCUT2D eigenvalue weighted by molar-refractivity contribution is 5.81. The molecule has 0 amide bonds. The molecule has 0 aliphatic heterocycles. The SMILES string of the molecule is CCn1nnc2c(NCCC3=CCCCC3)ncnc21. The van der Waals surface area contributed by atoms with E-state index in [1.165, 1.54) is 25.7 Å². The summed E-state index contributed by atoms with van der Waals surface area (Å²) < 4.78 is 1.78. The number of aryl methyl sites for hydroxylation is 1. The summed E-state index contributed by atoms with van der Waals surface area (Å²) in [5.74, 6) is 0.783. The number of hydrogen-bond donors (Lipinski definition) is 1. The highest BCUT2D eigenvalue weighted by atomic mass is 15.4. The molecule has 6 heteroatoms. The van der Waals surface area contributed by atoms with E-state index in [9.17, 15) is 0 Å². The zero-order chi connectivity index (χ0) is 13.8. The fourth-order valence-electron chi connectivity index (χ4n) is 2.61. The molecule has 0 saturated heterocycles. The van der Waals surface area contributed by atoms with Crippen LogP contribution in [0.1, 0.15) is 39.0 Å². The standard InChI is InChI=1S/C14H20N6/c1-2-20-14-12(18-19-20)13(16-10-17-14)15-9-8-11-6-4-3-5-7-11/h6,10H,2-5,7-9H2,1H3,(H,15,16,17). The largest absolute Gasteiger partial charge is 0.368 e. The van der Waals surface area contributed by atoms with Crippen molar-refractivity contribution < 1.29 is 0 Å². The second-order valence-electron chi connectivity index (χ2n) is 5.08. The lowest BCUT2D eigenvalue weighted by atomic mass is 9.97. The van der Waals surface area contributed by atoms with Gasteiger partial charge in [-0.1, -0.05) is 16.9 Å². The normalized spacial score (nSPS) is 15.3.